The van der Waals surface area contributed by atoms with Gasteiger partial charge in [0.15, 0.2) is 6.10 Å². The number of anilines is 1. The van der Waals surface area contributed by atoms with Crippen LogP contribution in [0.25, 0.3) is 0 Å². The first-order valence-electron chi connectivity index (χ1n) is 13.3. The van der Waals surface area contributed by atoms with E-state index in [0.717, 1.165) is 5.56 Å². The van der Waals surface area contributed by atoms with Gasteiger partial charge in [-0.25, -0.2) is 4.79 Å². The van der Waals surface area contributed by atoms with Crippen LogP contribution >= 0.6 is 0 Å². The first kappa shape index (κ1) is 33.0. The molecule has 1 aliphatic heterocycles. The topological polar surface area (TPSA) is 150 Å². The second-order valence-electron chi connectivity index (χ2n) is 10.3. The van der Waals surface area contributed by atoms with Gasteiger partial charge in [0.25, 0.3) is 5.91 Å². The summed E-state index contributed by atoms with van der Waals surface area (Å²) in [5, 5.41) is 24.1. The molecule has 10 heteroatoms. The van der Waals surface area contributed by atoms with E-state index in [2.05, 4.69) is 5.32 Å². The molecule has 0 unspecified atom stereocenters. The van der Waals surface area contributed by atoms with Gasteiger partial charge < -0.3 is 40.2 Å². The highest BCUT2D eigenvalue weighted by Crippen LogP contribution is 2.32. The van der Waals surface area contributed by atoms with Gasteiger partial charge in [-0.1, -0.05) is 38.2 Å². The number of carbonyl (C=O) groups is 2. The monoisotopic (exact) mass is 560 g/mol. The lowest BCUT2D eigenvalue weighted by molar-refractivity contribution is -0.112. The Kier molecular flexibility index (Phi) is 12.9. The molecule has 0 aromatic heterocycles. The van der Waals surface area contributed by atoms with E-state index in [4.69, 9.17) is 24.7 Å². The molecule has 0 aliphatic carbocycles. The maximum absolute atomic E-state index is 13.0. The van der Waals surface area contributed by atoms with Crippen LogP contribution < -0.4 is 15.8 Å². The zero-order valence-corrected chi connectivity index (χ0v) is 24.5. The number of allylic oxidation sites excluding steroid dienone is 2. The van der Waals surface area contributed by atoms with Crippen molar-refractivity contribution in [2.45, 2.75) is 71.6 Å². The Labute approximate surface area is 236 Å². The molecular weight excluding hydrogens is 516 g/mol. The number of primary amides is 1. The number of methoxy groups -OCH3 is 3. The smallest absolute Gasteiger partial charge is 0.405 e. The van der Waals surface area contributed by atoms with Gasteiger partial charge in [0.2, 0.25) is 0 Å². The maximum Gasteiger partial charge on any atom is 0.405 e. The fraction of sp³-hybridized carbons (Fsp3) is 0.533. The number of fused-ring (bicyclic) bond motifs is 2. The van der Waals surface area contributed by atoms with Gasteiger partial charge in [-0.05, 0) is 55.9 Å². The first-order chi connectivity index (χ1) is 18.9. The summed E-state index contributed by atoms with van der Waals surface area (Å²) in [5.74, 6) is -0.0921. The quantitative estimate of drug-likeness (QED) is 0.399. The van der Waals surface area contributed by atoms with Crippen LogP contribution in [0.15, 0.2) is 47.6 Å². The lowest BCUT2D eigenvalue weighted by atomic mass is 9.87. The van der Waals surface area contributed by atoms with Gasteiger partial charge in [-0.2, -0.15) is 0 Å². The molecule has 2 bridgehead atoms. The molecule has 1 aliphatic rings. The molecule has 2 amide bonds. The predicted molar refractivity (Wildman–Crippen MR) is 153 cm³/mol. The highest BCUT2D eigenvalue weighted by molar-refractivity contribution is 6.03. The van der Waals surface area contributed by atoms with Crippen LogP contribution in [0.5, 0.6) is 5.75 Å². The number of carbonyl (C=O) groups excluding carboxylic acids is 2. The van der Waals surface area contributed by atoms with E-state index in [0.29, 0.717) is 41.0 Å². The highest BCUT2D eigenvalue weighted by atomic mass is 16.6. The molecule has 1 aromatic carbocycles. The summed E-state index contributed by atoms with van der Waals surface area (Å²) in [6.07, 6.45) is 3.92. The van der Waals surface area contributed by atoms with Gasteiger partial charge in [0, 0.05) is 37.0 Å². The van der Waals surface area contributed by atoms with E-state index in [1.54, 1.807) is 52.4 Å². The Morgan fingerprint density at radius 3 is 2.42 bits per heavy atom. The number of nitrogens with two attached hydrogens (primary N) is 1. The Bertz CT molecular complexity index is 1110. The number of hydrogen-bond donors (Lipinski definition) is 4. The summed E-state index contributed by atoms with van der Waals surface area (Å²) < 4.78 is 22.3. The second kappa shape index (κ2) is 15.6. The fourth-order valence-corrected chi connectivity index (χ4v) is 5.00. The number of rotatable bonds is 5. The summed E-state index contributed by atoms with van der Waals surface area (Å²) in [6, 6.07) is 3.52. The molecule has 0 radical (unpaired) electrons. The average Bonchev–Trinajstić information content (AvgIpc) is 2.91. The Morgan fingerprint density at radius 1 is 1.15 bits per heavy atom. The molecule has 0 spiro atoms. The number of aliphatic hydroxyl groups excluding tert-OH is 2. The summed E-state index contributed by atoms with van der Waals surface area (Å²) in [6.45, 7) is 7.07. The lowest BCUT2D eigenvalue weighted by Gasteiger charge is -2.29. The van der Waals surface area contributed by atoms with E-state index in [-0.39, 0.29) is 24.3 Å². The van der Waals surface area contributed by atoms with Crippen molar-refractivity contribution >= 4 is 17.7 Å². The van der Waals surface area contributed by atoms with Gasteiger partial charge in [-0.3, -0.25) is 4.79 Å². The van der Waals surface area contributed by atoms with Crippen LogP contribution in [0.4, 0.5) is 10.5 Å². The minimum atomic E-state index is -0.964. The molecule has 2 rings (SSSR count). The Hall–Kier alpha value is -3.18. The fourth-order valence-electron chi connectivity index (χ4n) is 5.00. The number of nitrogens with one attached hydrogen (secondary N) is 1. The van der Waals surface area contributed by atoms with Crippen molar-refractivity contribution in [3.8, 4) is 5.75 Å². The minimum absolute atomic E-state index is 0.0417. The highest BCUT2D eigenvalue weighted by Gasteiger charge is 2.29. The third-order valence-corrected chi connectivity index (χ3v) is 7.09. The SMILES string of the molecule is COc1c(CO)cc2cc1C[C@@H](C)C[C@H](OC)[C@H](O)[C@@H](C)/C=C(\C)[C@H](OC(N)=O)[C@@H](OC)/C=C\C=C(/C)C(=O)N2. The number of aliphatic hydroxyl groups is 2. The predicted octanol–water partition coefficient (Wildman–Crippen LogP) is 3.65. The zero-order valence-electron chi connectivity index (χ0n) is 24.5. The van der Waals surface area contributed by atoms with Gasteiger partial charge >= 0.3 is 6.09 Å². The zero-order chi connectivity index (χ0) is 30.0. The van der Waals surface area contributed by atoms with Crippen LogP contribution in [0.3, 0.4) is 0 Å². The summed E-state index contributed by atoms with van der Waals surface area (Å²) >= 11 is 0. The molecular formula is C30H44N2O8. The normalized spacial score (nSPS) is 30.3. The number of hydrogen-bond acceptors (Lipinski definition) is 8. The number of amides is 2. The first-order valence-corrected chi connectivity index (χ1v) is 13.3. The molecule has 1 aromatic rings. The maximum atomic E-state index is 13.0. The molecule has 10 nitrogen and oxygen atoms in total. The van der Waals surface area contributed by atoms with E-state index in [9.17, 15) is 19.8 Å². The van der Waals surface area contributed by atoms with Gasteiger partial charge in [-0.15, -0.1) is 0 Å². The Balaban J connectivity index is 2.62. The Morgan fingerprint density at radius 2 is 1.85 bits per heavy atom. The summed E-state index contributed by atoms with van der Waals surface area (Å²) in [7, 11) is 4.57. The van der Waals surface area contributed by atoms with Crippen molar-refractivity contribution in [1.29, 1.82) is 0 Å². The van der Waals surface area contributed by atoms with Crippen molar-refractivity contribution in [2.24, 2.45) is 17.6 Å². The molecule has 0 saturated carbocycles. The van der Waals surface area contributed by atoms with Gasteiger partial charge in [0.1, 0.15) is 11.9 Å². The number of benzene rings is 1. The largest absolute Gasteiger partial charge is 0.496 e. The van der Waals surface area contributed by atoms with Gasteiger partial charge in [0.05, 0.1) is 25.9 Å². The van der Waals surface area contributed by atoms with Crippen molar-refractivity contribution in [3.05, 3.63) is 58.7 Å². The summed E-state index contributed by atoms with van der Waals surface area (Å²) in [5.41, 5.74) is 8.30. The van der Waals surface area contributed by atoms with Crippen molar-refractivity contribution in [3.63, 3.8) is 0 Å². The summed E-state index contributed by atoms with van der Waals surface area (Å²) in [4.78, 5) is 24.7. The van der Waals surface area contributed by atoms with Crippen LogP contribution in [-0.2, 0) is 32.0 Å². The van der Waals surface area contributed by atoms with Crippen molar-refractivity contribution in [1.82, 2.24) is 0 Å². The van der Waals surface area contributed by atoms with Crippen LogP contribution in [0, 0.1) is 11.8 Å². The van der Waals surface area contributed by atoms with Crippen LogP contribution in [0.2, 0.25) is 0 Å². The van der Waals surface area contributed by atoms with Crippen LogP contribution in [0.1, 0.15) is 45.2 Å². The molecule has 0 saturated heterocycles. The molecule has 5 N–H and O–H groups in total. The van der Waals surface area contributed by atoms with Crippen molar-refractivity contribution < 1.29 is 38.7 Å². The number of ether oxygens (including phenoxy) is 4. The average molecular weight is 561 g/mol. The lowest BCUT2D eigenvalue weighted by Crippen LogP contribution is -2.37. The van der Waals surface area contributed by atoms with E-state index in [1.165, 1.54) is 7.11 Å². The van der Waals surface area contributed by atoms with E-state index < -0.39 is 30.5 Å². The molecule has 222 valence electrons. The van der Waals surface area contributed by atoms with Crippen molar-refractivity contribution in [2.75, 3.05) is 26.6 Å². The standard InChI is InChI=1S/C30H44N2O8/c1-17-11-21-14-23(15-22(16-33)28(21)39-7)32-29(35)18(2)9-8-10-24(37-5)27(40-30(31)36)20(4)13-19(3)26(34)25(12-17)38-6/h8-10,13-15,17,19,24-27,33-34H,11-12,16H2,1-7H3,(H2,31,36)(H,32,35)/b10-8-,18-9+,20-13+/t17-,19+,24+,25+,26-,27+/m1/s1. The van der Waals surface area contributed by atoms with E-state index >= 15 is 0 Å². The van der Waals surface area contributed by atoms with E-state index in [1.807, 2.05) is 26.0 Å². The molecule has 1 heterocycles. The third-order valence-electron chi connectivity index (χ3n) is 7.09. The molecule has 6 atom stereocenters. The third kappa shape index (κ3) is 8.92. The molecule has 0 fully saturated rings. The van der Waals surface area contributed by atoms with Crippen LogP contribution in [-0.4, -0.2) is 68.0 Å². The second-order valence-corrected chi connectivity index (χ2v) is 10.3. The minimum Gasteiger partial charge on any atom is -0.496 e. The molecule has 40 heavy (non-hydrogen) atoms.